The number of imide groups is 1. The third-order valence-electron chi connectivity index (χ3n) is 6.06. The quantitative estimate of drug-likeness (QED) is 0.530. The SMILES string of the molecule is O=C1[C@H]2CC=CC[C@H]2C(=O)N1CC(=O)N(Cc1ccccc1)[C@@H]1CCS(=O)(=O)C1. The summed E-state index contributed by atoms with van der Waals surface area (Å²) in [6, 6.07) is 8.88. The van der Waals surface area contributed by atoms with Crippen molar-refractivity contribution in [3.63, 3.8) is 0 Å². The molecule has 0 saturated carbocycles. The summed E-state index contributed by atoms with van der Waals surface area (Å²) in [6.45, 7) is -0.0709. The summed E-state index contributed by atoms with van der Waals surface area (Å²) < 4.78 is 24.0. The molecule has 2 aliphatic heterocycles. The zero-order valence-corrected chi connectivity index (χ0v) is 16.9. The Labute approximate surface area is 170 Å². The number of amides is 3. The smallest absolute Gasteiger partial charge is 0.243 e. The standard InChI is InChI=1S/C21H24N2O5S/c24-19(13-23-20(25)17-8-4-5-9-18(17)21(23)26)22(12-15-6-2-1-3-7-15)16-10-11-29(27,28)14-16/h1-7,16-18H,8-14H2/t16-,17-,18+/m1/s1. The minimum absolute atomic E-state index is 0.0492. The number of hydrogen-bond acceptors (Lipinski definition) is 5. The first kappa shape index (κ1) is 19.8. The number of benzene rings is 1. The van der Waals surface area contributed by atoms with Crippen molar-refractivity contribution in [1.82, 2.24) is 9.80 Å². The maximum atomic E-state index is 13.2. The van der Waals surface area contributed by atoms with Crippen molar-refractivity contribution in [3.05, 3.63) is 48.0 Å². The highest BCUT2D eigenvalue weighted by atomic mass is 32.2. The third-order valence-corrected chi connectivity index (χ3v) is 7.81. The van der Waals surface area contributed by atoms with Gasteiger partial charge in [0.1, 0.15) is 6.54 Å². The maximum absolute atomic E-state index is 13.2. The molecule has 3 amide bonds. The summed E-state index contributed by atoms with van der Waals surface area (Å²) in [7, 11) is -3.18. The first-order valence-electron chi connectivity index (χ1n) is 9.90. The Morgan fingerprint density at radius 3 is 2.21 bits per heavy atom. The second kappa shape index (κ2) is 7.74. The number of rotatable bonds is 5. The summed E-state index contributed by atoms with van der Waals surface area (Å²) in [4.78, 5) is 41.2. The van der Waals surface area contributed by atoms with E-state index in [-0.39, 0.29) is 54.2 Å². The lowest BCUT2D eigenvalue weighted by molar-refractivity contribution is -0.147. The molecule has 1 aromatic rings. The fourth-order valence-electron chi connectivity index (χ4n) is 4.47. The summed E-state index contributed by atoms with van der Waals surface area (Å²) in [5.41, 5.74) is 0.877. The topological polar surface area (TPSA) is 91.8 Å². The minimum Gasteiger partial charge on any atom is -0.333 e. The molecule has 0 aromatic heterocycles. The molecule has 1 aliphatic carbocycles. The Kier molecular flexibility index (Phi) is 5.29. The van der Waals surface area contributed by atoms with Gasteiger partial charge in [-0.15, -0.1) is 0 Å². The van der Waals surface area contributed by atoms with Gasteiger partial charge in [-0.2, -0.15) is 0 Å². The number of carbonyl (C=O) groups excluding carboxylic acids is 3. The van der Waals surface area contributed by atoms with Crippen molar-refractivity contribution in [1.29, 1.82) is 0 Å². The number of sulfone groups is 1. The predicted octanol–water partition coefficient (Wildman–Crippen LogP) is 1.15. The molecule has 29 heavy (non-hydrogen) atoms. The second-order valence-corrected chi connectivity index (χ2v) is 10.2. The van der Waals surface area contributed by atoms with Crippen LogP contribution in [0, 0.1) is 11.8 Å². The van der Waals surface area contributed by atoms with E-state index in [1.54, 1.807) is 0 Å². The number of nitrogens with zero attached hydrogens (tertiary/aromatic N) is 2. The molecule has 0 bridgehead atoms. The van der Waals surface area contributed by atoms with Gasteiger partial charge in [0, 0.05) is 12.6 Å². The molecule has 0 unspecified atom stereocenters. The first-order valence-corrected chi connectivity index (χ1v) is 11.7. The van der Waals surface area contributed by atoms with E-state index >= 15 is 0 Å². The van der Waals surface area contributed by atoms with Crippen LogP contribution in [0.5, 0.6) is 0 Å². The number of likely N-dealkylation sites (tertiary alicyclic amines) is 1. The van der Waals surface area contributed by atoms with Crippen LogP contribution in [0.4, 0.5) is 0 Å². The first-order chi connectivity index (χ1) is 13.9. The molecule has 2 saturated heterocycles. The van der Waals surface area contributed by atoms with Gasteiger partial charge in [-0.1, -0.05) is 42.5 Å². The van der Waals surface area contributed by atoms with Crippen LogP contribution < -0.4 is 0 Å². The maximum Gasteiger partial charge on any atom is 0.243 e. The van der Waals surface area contributed by atoms with Gasteiger partial charge in [0.2, 0.25) is 17.7 Å². The van der Waals surface area contributed by atoms with Gasteiger partial charge >= 0.3 is 0 Å². The average Bonchev–Trinajstić information content (AvgIpc) is 3.19. The molecule has 1 aromatic carbocycles. The van der Waals surface area contributed by atoms with Crippen LogP contribution in [0.3, 0.4) is 0 Å². The highest BCUT2D eigenvalue weighted by Gasteiger charge is 2.48. The fraction of sp³-hybridized carbons (Fsp3) is 0.476. The van der Waals surface area contributed by atoms with Crippen molar-refractivity contribution in [2.75, 3.05) is 18.1 Å². The molecule has 4 rings (SSSR count). The molecule has 7 nitrogen and oxygen atoms in total. The number of carbonyl (C=O) groups is 3. The molecule has 3 atom stereocenters. The van der Waals surface area contributed by atoms with Crippen molar-refractivity contribution < 1.29 is 22.8 Å². The molecular formula is C21H24N2O5S. The van der Waals surface area contributed by atoms with Gasteiger partial charge in [0.05, 0.1) is 23.3 Å². The molecule has 2 heterocycles. The van der Waals surface area contributed by atoms with E-state index in [1.165, 1.54) is 4.90 Å². The Morgan fingerprint density at radius 2 is 1.66 bits per heavy atom. The van der Waals surface area contributed by atoms with E-state index < -0.39 is 15.9 Å². The molecule has 154 valence electrons. The van der Waals surface area contributed by atoms with Crippen LogP contribution in [-0.2, 0) is 30.8 Å². The second-order valence-electron chi connectivity index (χ2n) is 7.98. The van der Waals surface area contributed by atoms with Crippen LogP contribution in [0.1, 0.15) is 24.8 Å². The van der Waals surface area contributed by atoms with E-state index in [9.17, 15) is 22.8 Å². The third kappa shape index (κ3) is 3.99. The van der Waals surface area contributed by atoms with E-state index in [2.05, 4.69) is 0 Å². The van der Waals surface area contributed by atoms with Gasteiger partial charge in [0.25, 0.3) is 0 Å². The zero-order valence-electron chi connectivity index (χ0n) is 16.1. The minimum atomic E-state index is -3.18. The van der Waals surface area contributed by atoms with E-state index in [4.69, 9.17) is 0 Å². The van der Waals surface area contributed by atoms with Crippen LogP contribution >= 0.6 is 0 Å². The summed E-state index contributed by atoms with van der Waals surface area (Å²) in [5, 5.41) is 0. The monoisotopic (exact) mass is 416 g/mol. The highest BCUT2D eigenvalue weighted by Crippen LogP contribution is 2.35. The molecule has 8 heteroatoms. The Morgan fingerprint density at radius 1 is 1.03 bits per heavy atom. The summed E-state index contributed by atoms with van der Waals surface area (Å²) >= 11 is 0. The average molecular weight is 416 g/mol. The Balaban J connectivity index is 1.53. The van der Waals surface area contributed by atoms with E-state index in [1.807, 2.05) is 42.5 Å². The molecular weight excluding hydrogens is 392 g/mol. The molecule has 0 radical (unpaired) electrons. The van der Waals surface area contributed by atoms with Gasteiger partial charge < -0.3 is 4.90 Å². The lowest BCUT2D eigenvalue weighted by atomic mass is 9.85. The molecule has 0 N–H and O–H groups in total. The van der Waals surface area contributed by atoms with Crippen LogP contribution in [0.25, 0.3) is 0 Å². The molecule has 3 aliphatic rings. The van der Waals surface area contributed by atoms with Crippen LogP contribution in [0.15, 0.2) is 42.5 Å². The van der Waals surface area contributed by atoms with Gasteiger partial charge in [0.15, 0.2) is 9.84 Å². The lowest BCUT2D eigenvalue weighted by Crippen LogP contribution is -2.47. The number of allylic oxidation sites excluding steroid dienone is 2. The van der Waals surface area contributed by atoms with Gasteiger partial charge in [-0.05, 0) is 24.8 Å². The van der Waals surface area contributed by atoms with Crippen molar-refractivity contribution in [2.45, 2.75) is 31.8 Å². The lowest BCUT2D eigenvalue weighted by Gasteiger charge is -2.30. The largest absolute Gasteiger partial charge is 0.333 e. The number of fused-ring (bicyclic) bond motifs is 1. The normalized spacial score (nSPS) is 27.9. The van der Waals surface area contributed by atoms with Crippen LogP contribution in [0.2, 0.25) is 0 Å². The van der Waals surface area contributed by atoms with Crippen molar-refractivity contribution in [2.24, 2.45) is 11.8 Å². The zero-order chi connectivity index (χ0) is 20.6. The number of hydrogen-bond donors (Lipinski definition) is 0. The van der Waals surface area contributed by atoms with Crippen LogP contribution in [-0.4, -0.2) is 60.0 Å². The molecule has 0 spiro atoms. The fourth-order valence-corrected chi connectivity index (χ4v) is 6.20. The van der Waals surface area contributed by atoms with Gasteiger partial charge in [-0.25, -0.2) is 8.42 Å². The van der Waals surface area contributed by atoms with Crippen molar-refractivity contribution >= 4 is 27.6 Å². The molecule has 2 fully saturated rings. The highest BCUT2D eigenvalue weighted by molar-refractivity contribution is 7.91. The summed E-state index contributed by atoms with van der Waals surface area (Å²) in [6.07, 6.45) is 5.23. The predicted molar refractivity (Wildman–Crippen MR) is 106 cm³/mol. The van der Waals surface area contributed by atoms with E-state index in [0.717, 1.165) is 10.5 Å². The van der Waals surface area contributed by atoms with E-state index in [0.29, 0.717) is 19.3 Å². The Hall–Kier alpha value is -2.48. The van der Waals surface area contributed by atoms with Crippen molar-refractivity contribution in [3.8, 4) is 0 Å². The van der Waals surface area contributed by atoms with Gasteiger partial charge in [-0.3, -0.25) is 19.3 Å². The Bertz CT molecular complexity index is 931. The summed E-state index contributed by atoms with van der Waals surface area (Å²) in [5.74, 6) is -1.77.